The van der Waals surface area contributed by atoms with Crippen molar-refractivity contribution in [3.05, 3.63) is 59.8 Å². The normalized spacial score (nSPS) is 10.5. The van der Waals surface area contributed by atoms with Crippen molar-refractivity contribution in [2.75, 3.05) is 5.32 Å². The van der Waals surface area contributed by atoms with Crippen LogP contribution in [0.15, 0.2) is 54.7 Å². The number of nitrogens with one attached hydrogen (secondary N) is 1. The van der Waals surface area contributed by atoms with E-state index >= 15 is 0 Å². The van der Waals surface area contributed by atoms with Crippen molar-refractivity contribution >= 4 is 34.1 Å². The van der Waals surface area contributed by atoms with Gasteiger partial charge >= 0.3 is 0 Å². The average molecular weight is 256 g/mol. The lowest BCUT2D eigenvalue weighted by Crippen LogP contribution is -1.95. The third-order valence-corrected chi connectivity index (χ3v) is 2.87. The first-order valence-corrected chi connectivity index (χ1v) is 5.94. The summed E-state index contributed by atoms with van der Waals surface area (Å²) in [5, 5.41) is 3.80. The molecule has 0 aliphatic rings. The smallest absolute Gasteiger partial charge is 0.149 e. The molecule has 0 bridgehead atoms. The Balaban J connectivity index is 2.01. The molecule has 2 aromatic carbocycles. The van der Waals surface area contributed by atoms with Gasteiger partial charge in [0.25, 0.3) is 0 Å². The van der Waals surface area contributed by atoms with Crippen molar-refractivity contribution in [1.29, 1.82) is 0 Å². The number of hydrogen-bond donors (Lipinski definition) is 1. The minimum atomic E-state index is 0.608. The van der Waals surface area contributed by atoms with Crippen molar-refractivity contribution < 1.29 is 0 Å². The zero-order chi connectivity index (χ0) is 12.4. The van der Waals surface area contributed by atoms with Gasteiger partial charge in [-0.25, -0.2) is 4.98 Å². The topological polar surface area (TPSA) is 37.8 Å². The molecule has 3 aromatic rings. The summed E-state index contributed by atoms with van der Waals surface area (Å²) in [6.45, 7) is 0. The summed E-state index contributed by atoms with van der Waals surface area (Å²) in [6.07, 6.45) is 1.70. The van der Waals surface area contributed by atoms with E-state index < -0.39 is 0 Å². The Labute approximate surface area is 109 Å². The van der Waals surface area contributed by atoms with E-state index in [-0.39, 0.29) is 0 Å². The molecule has 0 aliphatic heterocycles. The van der Waals surface area contributed by atoms with Crippen LogP contribution in [0.3, 0.4) is 0 Å². The standard InChI is InChI=1S/C14H10ClN3/c15-11-7-4-8-12-14(11)18-13(9-16-12)17-10-5-2-1-3-6-10/h1-9H,(H,17,18). The first-order chi connectivity index (χ1) is 8.83. The van der Waals surface area contributed by atoms with Gasteiger partial charge in [-0.3, -0.25) is 4.98 Å². The van der Waals surface area contributed by atoms with Crippen LogP contribution >= 0.6 is 11.6 Å². The highest BCUT2D eigenvalue weighted by molar-refractivity contribution is 6.34. The van der Waals surface area contributed by atoms with Crippen LogP contribution in [-0.4, -0.2) is 9.97 Å². The fraction of sp³-hybridized carbons (Fsp3) is 0. The minimum absolute atomic E-state index is 0.608. The first-order valence-electron chi connectivity index (χ1n) is 5.56. The zero-order valence-corrected chi connectivity index (χ0v) is 10.2. The molecular weight excluding hydrogens is 246 g/mol. The monoisotopic (exact) mass is 255 g/mol. The maximum Gasteiger partial charge on any atom is 0.149 e. The predicted octanol–water partition coefficient (Wildman–Crippen LogP) is 4.03. The maximum absolute atomic E-state index is 6.10. The number of nitrogens with zero attached hydrogens (tertiary/aromatic N) is 2. The lowest BCUT2D eigenvalue weighted by atomic mass is 10.3. The Hall–Kier alpha value is -2.13. The van der Waals surface area contributed by atoms with E-state index in [0.29, 0.717) is 16.4 Å². The number of halogens is 1. The van der Waals surface area contributed by atoms with Crippen molar-refractivity contribution in [2.45, 2.75) is 0 Å². The van der Waals surface area contributed by atoms with E-state index in [1.807, 2.05) is 48.5 Å². The third-order valence-electron chi connectivity index (χ3n) is 2.57. The van der Waals surface area contributed by atoms with Gasteiger partial charge in [0.05, 0.1) is 16.7 Å². The van der Waals surface area contributed by atoms with Crippen LogP contribution in [0.1, 0.15) is 0 Å². The van der Waals surface area contributed by atoms with E-state index in [9.17, 15) is 0 Å². The highest BCUT2D eigenvalue weighted by atomic mass is 35.5. The molecule has 4 heteroatoms. The Kier molecular flexibility index (Phi) is 2.82. The van der Waals surface area contributed by atoms with E-state index in [1.165, 1.54) is 0 Å². The molecule has 0 unspecified atom stereocenters. The van der Waals surface area contributed by atoms with E-state index in [4.69, 9.17) is 11.6 Å². The molecule has 0 saturated carbocycles. The maximum atomic E-state index is 6.10. The fourth-order valence-electron chi connectivity index (χ4n) is 1.73. The SMILES string of the molecule is Clc1cccc2ncc(Nc3ccccc3)nc12. The van der Waals surface area contributed by atoms with Crippen LogP contribution in [0.5, 0.6) is 0 Å². The second-order valence-electron chi connectivity index (χ2n) is 3.85. The van der Waals surface area contributed by atoms with Gasteiger partial charge in [0.2, 0.25) is 0 Å². The van der Waals surface area contributed by atoms with Crippen LogP contribution in [-0.2, 0) is 0 Å². The zero-order valence-electron chi connectivity index (χ0n) is 9.47. The van der Waals surface area contributed by atoms with Gasteiger partial charge in [0, 0.05) is 5.69 Å². The molecular formula is C14H10ClN3. The quantitative estimate of drug-likeness (QED) is 0.751. The lowest BCUT2D eigenvalue weighted by molar-refractivity contribution is 1.28. The molecule has 0 amide bonds. The second-order valence-corrected chi connectivity index (χ2v) is 4.26. The Morgan fingerprint density at radius 2 is 1.78 bits per heavy atom. The highest BCUT2D eigenvalue weighted by Crippen LogP contribution is 2.22. The molecule has 0 aliphatic carbocycles. The molecule has 88 valence electrons. The van der Waals surface area contributed by atoms with Crippen LogP contribution < -0.4 is 5.32 Å². The molecule has 3 rings (SSSR count). The van der Waals surface area contributed by atoms with Crippen molar-refractivity contribution in [3.63, 3.8) is 0 Å². The summed E-state index contributed by atoms with van der Waals surface area (Å²) >= 11 is 6.10. The predicted molar refractivity (Wildman–Crippen MR) is 74.3 cm³/mol. The van der Waals surface area contributed by atoms with Crippen molar-refractivity contribution in [3.8, 4) is 0 Å². The summed E-state index contributed by atoms with van der Waals surface area (Å²) in [5.41, 5.74) is 2.47. The Morgan fingerprint density at radius 1 is 0.944 bits per heavy atom. The van der Waals surface area contributed by atoms with E-state index in [2.05, 4.69) is 15.3 Å². The largest absolute Gasteiger partial charge is 0.339 e. The lowest BCUT2D eigenvalue weighted by Gasteiger charge is -2.06. The number of anilines is 2. The second kappa shape index (κ2) is 4.63. The number of benzene rings is 2. The average Bonchev–Trinajstić information content (AvgIpc) is 2.41. The van der Waals surface area contributed by atoms with Gasteiger partial charge in [-0.05, 0) is 24.3 Å². The van der Waals surface area contributed by atoms with Crippen LogP contribution in [0.4, 0.5) is 11.5 Å². The molecule has 18 heavy (non-hydrogen) atoms. The number of para-hydroxylation sites is 2. The molecule has 1 N–H and O–H groups in total. The third kappa shape index (κ3) is 2.13. The Morgan fingerprint density at radius 3 is 2.61 bits per heavy atom. The summed E-state index contributed by atoms with van der Waals surface area (Å²) in [5.74, 6) is 0.682. The molecule has 0 radical (unpaired) electrons. The van der Waals surface area contributed by atoms with Gasteiger partial charge in [-0.2, -0.15) is 0 Å². The summed E-state index contributed by atoms with van der Waals surface area (Å²) in [4.78, 5) is 8.79. The van der Waals surface area contributed by atoms with Crippen molar-refractivity contribution in [2.24, 2.45) is 0 Å². The van der Waals surface area contributed by atoms with E-state index in [0.717, 1.165) is 11.2 Å². The van der Waals surface area contributed by atoms with Gasteiger partial charge in [0.1, 0.15) is 11.3 Å². The van der Waals surface area contributed by atoms with Crippen LogP contribution in [0.25, 0.3) is 11.0 Å². The fourth-order valence-corrected chi connectivity index (χ4v) is 1.94. The van der Waals surface area contributed by atoms with Gasteiger partial charge in [0.15, 0.2) is 0 Å². The molecule has 0 atom stereocenters. The summed E-state index contributed by atoms with van der Waals surface area (Å²) in [7, 11) is 0. The summed E-state index contributed by atoms with van der Waals surface area (Å²) in [6, 6.07) is 15.4. The number of fused-ring (bicyclic) bond motifs is 1. The number of aromatic nitrogens is 2. The molecule has 0 spiro atoms. The van der Waals surface area contributed by atoms with Gasteiger partial charge < -0.3 is 5.32 Å². The van der Waals surface area contributed by atoms with Crippen LogP contribution in [0, 0.1) is 0 Å². The van der Waals surface area contributed by atoms with Gasteiger partial charge in [-0.15, -0.1) is 0 Å². The summed E-state index contributed by atoms with van der Waals surface area (Å²) < 4.78 is 0. The van der Waals surface area contributed by atoms with E-state index in [1.54, 1.807) is 6.20 Å². The number of hydrogen-bond acceptors (Lipinski definition) is 3. The highest BCUT2D eigenvalue weighted by Gasteiger charge is 2.03. The Bertz CT molecular complexity index is 683. The number of rotatable bonds is 2. The molecule has 3 nitrogen and oxygen atoms in total. The molecule has 0 fully saturated rings. The molecule has 1 aromatic heterocycles. The van der Waals surface area contributed by atoms with Crippen LogP contribution in [0.2, 0.25) is 5.02 Å². The molecule has 0 saturated heterocycles. The first kappa shape index (κ1) is 11.0. The van der Waals surface area contributed by atoms with Crippen molar-refractivity contribution in [1.82, 2.24) is 9.97 Å². The van der Waals surface area contributed by atoms with Gasteiger partial charge in [-0.1, -0.05) is 35.9 Å². The molecule has 1 heterocycles. The minimum Gasteiger partial charge on any atom is -0.339 e.